The number of hydrogen-bond acceptors (Lipinski definition) is 4. The SMILES string of the molecule is CCC(C)(C)C(=O)O.CCC(C)(C)C(=O)O.CCC(C)(C)C(=O)O.CCC(C)(C)C(=O)O.[Ti]. The Morgan fingerprint density at radius 1 is 0.424 bits per heavy atom. The van der Waals surface area contributed by atoms with Crippen LogP contribution in [0.4, 0.5) is 0 Å². The molecule has 0 aliphatic carbocycles. The second-order valence-electron chi connectivity index (χ2n) is 10.2. The van der Waals surface area contributed by atoms with Crippen LogP contribution in [0.15, 0.2) is 0 Å². The molecule has 0 atom stereocenters. The van der Waals surface area contributed by atoms with Gasteiger partial charge in [0.2, 0.25) is 0 Å². The van der Waals surface area contributed by atoms with Crippen molar-refractivity contribution < 1.29 is 61.3 Å². The molecule has 0 fully saturated rings. The summed E-state index contributed by atoms with van der Waals surface area (Å²) in [5.41, 5.74) is -2.17. The Kier molecular flexibility index (Phi) is 22.8. The molecule has 0 radical (unpaired) electrons. The van der Waals surface area contributed by atoms with Gasteiger partial charge in [-0.3, -0.25) is 19.2 Å². The first-order valence-corrected chi connectivity index (χ1v) is 11.0. The molecule has 0 saturated heterocycles. The van der Waals surface area contributed by atoms with E-state index in [0.29, 0.717) is 25.7 Å². The quantitative estimate of drug-likeness (QED) is 0.288. The van der Waals surface area contributed by atoms with Crippen LogP contribution in [0, 0.1) is 21.7 Å². The third-order valence-electron chi connectivity index (χ3n) is 5.85. The summed E-state index contributed by atoms with van der Waals surface area (Å²) in [4.78, 5) is 41.0. The van der Waals surface area contributed by atoms with E-state index in [1.165, 1.54) is 0 Å². The molecular weight excluding hydrogens is 464 g/mol. The molecule has 0 rings (SSSR count). The van der Waals surface area contributed by atoms with Crippen LogP contribution in [0.1, 0.15) is 109 Å². The predicted octanol–water partition coefficient (Wildman–Crippen LogP) is 6.03. The molecule has 196 valence electrons. The van der Waals surface area contributed by atoms with E-state index in [0.717, 1.165) is 0 Å². The van der Waals surface area contributed by atoms with Crippen LogP contribution in [0.5, 0.6) is 0 Å². The second kappa shape index (κ2) is 18.0. The zero-order valence-electron chi connectivity index (χ0n) is 22.8. The molecule has 4 N–H and O–H groups in total. The molecule has 0 aromatic rings. The fourth-order valence-corrected chi connectivity index (χ4v) is 0.605. The van der Waals surface area contributed by atoms with E-state index >= 15 is 0 Å². The van der Waals surface area contributed by atoms with E-state index < -0.39 is 45.5 Å². The van der Waals surface area contributed by atoms with E-state index in [2.05, 4.69) is 0 Å². The molecule has 0 saturated carbocycles. The van der Waals surface area contributed by atoms with Crippen molar-refractivity contribution in [3.8, 4) is 0 Å². The molecule has 0 aromatic heterocycles. The van der Waals surface area contributed by atoms with Crippen LogP contribution in [-0.2, 0) is 40.9 Å². The molecule has 0 bridgehead atoms. The molecule has 0 heterocycles. The van der Waals surface area contributed by atoms with Crippen molar-refractivity contribution in [2.75, 3.05) is 0 Å². The maximum atomic E-state index is 10.3. The Morgan fingerprint density at radius 3 is 0.515 bits per heavy atom. The van der Waals surface area contributed by atoms with Gasteiger partial charge in [0, 0.05) is 21.7 Å². The Balaban J connectivity index is -0.000000105. The monoisotopic (exact) mass is 512 g/mol. The minimum atomic E-state index is -0.722. The number of carbonyl (C=O) groups is 4. The van der Waals surface area contributed by atoms with E-state index in [1.54, 1.807) is 55.4 Å². The summed E-state index contributed by atoms with van der Waals surface area (Å²) in [5, 5.41) is 33.8. The summed E-state index contributed by atoms with van der Waals surface area (Å²) >= 11 is 0. The van der Waals surface area contributed by atoms with Gasteiger partial charge in [0.15, 0.2) is 0 Å². The van der Waals surface area contributed by atoms with Gasteiger partial charge in [-0.05, 0) is 81.1 Å². The maximum absolute atomic E-state index is 10.3. The van der Waals surface area contributed by atoms with Gasteiger partial charge in [-0.1, -0.05) is 27.7 Å². The van der Waals surface area contributed by atoms with Crippen molar-refractivity contribution in [2.24, 2.45) is 21.7 Å². The van der Waals surface area contributed by atoms with E-state index in [-0.39, 0.29) is 21.7 Å². The van der Waals surface area contributed by atoms with Crippen LogP contribution < -0.4 is 0 Å². The first kappa shape index (κ1) is 41.8. The molecule has 8 nitrogen and oxygen atoms in total. The van der Waals surface area contributed by atoms with Crippen LogP contribution in [0.2, 0.25) is 0 Å². The van der Waals surface area contributed by atoms with Crippen molar-refractivity contribution in [2.45, 2.75) is 109 Å². The fraction of sp³-hybridized carbons (Fsp3) is 0.833. The van der Waals surface area contributed by atoms with Gasteiger partial charge < -0.3 is 20.4 Å². The first-order valence-electron chi connectivity index (χ1n) is 11.0. The first-order chi connectivity index (χ1) is 14.0. The number of carboxylic acids is 4. The van der Waals surface area contributed by atoms with Gasteiger partial charge >= 0.3 is 23.9 Å². The Morgan fingerprint density at radius 2 is 0.515 bits per heavy atom. The number of carboxylic acid groups (broad SMARTS) is 4. The third kappa shape index (κ3) is 20.9. The maximum Gasteiger partial charge on any atom is 0.309 e. The predicted molar refractivity (Wildman–Crippen MR) is 127 cm³/mol. The van der Waals surface area contributed by atoms with Gasteiger partial charge in [-0.15, -0.1) is 0 Å². The van der Waals surface area contributed by atoms with Crippen molar-refractivity contribution >= 4 is 23.9 Å². The number of hydrogen-bond donors (Lipinski definition) is 4. The molecule has 0 aliphatic heterocycles. The Bertz CT molecular complexity index is 489. The molecule has 0 aromatic carbocycles. The van der Waals surface area contributed by atoms with Gasteiger partial charge in [0.1, 0.15) is 0 Å². The smallest absolute Gasteiger partial charge is 0.309 e. The molecular formula is C24H48O8Ti. The average molecular weight is 513 g/mol. The van der Waals surface area contributed by atoms with Crippen LogP contribution >= 0.6 is 0 Å². The third-order valence-corrected chi connectivity index (χ3v) is 5.85. The van der Waals surface area contributed by atoms with Crippen molar-refractivity contribution in [1.29, 1.82) is 0 Å². The molecule has 9 heteroatoms. The summed E-state index contributed by atoms with van der Waals surface area (Å²) < 4.78 is 0. The van der Waals surface area contributed by atoms with E-state index in [4.69, 9.17) is 20.4 Å². The molecule has 33 heavy (non-hydrogen) atoms. The van der Waals surface area contributed by atoms with Crippen LogP contribution in [0.3, 0.4) is 0 Å². The summed E-state index contributed by atoms with van der Waals surface area (Å²) in [5.74, 6) is -2.89. The molecule has 0 aliphatic rings. The zero-order valence-corrected chi connectivity index (χ0v) is 24.3. The van der Waals surface area contributed by atoms with Crippen molar-refractivity contribution in [3.63, 3.8) is 0 Å². The Hall–Kier alpha value is -1.41. The van der Waals surface area contributed by atoms with Gasteiger partial charge in [-0.25, -0.2) is 0 Å². The van der Waals surface area contributed by atoms with E-state index in [9.17, 15) is 19.2 Å². The molecule has 0 amide bonds. The summed E-state index contributed by atoms with van der Waals surface area (Å²) in [7, 11) is 0. The summed E-state index contributed by atoms with van der Waals surface area (Å²) in [6, 6.07) is 0. The second-order valence-corrected chi connectivity index (χ2v) is 10.2. The minimum Gasteiger partial charge on any atom is -0.481 e. The summed E-state index contributed by atoms with van der Waals surface area (Å²) in [6.07, 6.45) is 2.73. The van der Waals surface area contributed by atoms with Crippen LogP contribution in [0.25, 0.3) is 0 Å². The number of rotatable bonds is 8. The van der Waals surface area contributed by atoms with Gasteiger partial charge in [0.05, 0.1) is 21.7 Å². The van der Waals surface area contributed by atoms with Gasteiger partial charge in [-0.2, -0.15) is 0 Å². The normalized spacial score (nSPS) is 11.0. The van der Waals surface area contributed by atoms with Gasteiger partial charge in [0.25, 0.3) is 0 Å². The standard InChI is InChI=1S/4C6H12O2.Ti/c4*1-4-6(2,3)5(7)8;/h4*4H2,1-3H3,(H,7,8);. The van der Waals surface area contributed by atoms with Crippen LogP contribution in [-0.4, -0.2) is 44.3 Å². The average Bonchev–Trinajstić information content (AvgIpc) is 2.68. The number of aliphatic carboxylic acids is 4. The zero-order chi connectivity index (χ0) is 27.1. The Labute approximate surface area is 215 Å². The fourth-order valence-electron chi connectivity index (χ4n) is 0.605. The molecule has 0 spiro atoms. The topological polar surface area (TPSA) is 149 Å². The largest absolute Gasteiger partial charge is 0.481 e. The van der Waals surface area contributed by atoms with Crippen molar-refractivity contribution in [1.82, 2.24) is 0 Å². The summed E-state index contributed by atoms with van der Waals surface area (Å²) in [6.45, 7) is 21.2. The van der Waals surface area contributed by atoms with Crippen molar-refractivity contribution in [3.05, 3.63) is 0 Å². The van der Waals surface area contributed by atoms with E-state index in [1.807, 2.05) is 27.7 Å². The minimum absolute atomic E-state index is 0. The molecule has 0 unspecified atom stereocenters.